The number of para-hydroxylation sites is 1. The van der Waals surface area contributed by atoms with Gasteiger partial charge in [0.2, 0.25) is 0 Å². The second-order valence-electron chi connectivity index (χ2n) is 9.71. The van der Waals surface area contributed by atoms with Gasteiger partial charge in [0, 0.05) is 43.9 Å². The summed E-state index contributed by atoms with van der Waals surface area (Å²) in [7, 11) is 0. The van der Waals surface area contributed by atoms with E-state index in [0.29, 0.717) is 55.4 Å². The Morgan fingerprint density at radius 1 is 1.08 bits per heavy atom. The predicted molar refractivity (Wildman–Crippen MR) is 146 cm³/mol. The van der Waals surface area contributed by atoms with Crippen molar-refractivity contribution in [1.29, 1.82) is 0 Å². The molecule has 2 amide bonds. The average Bonchev–Trinajstić information content (AvgIpc) is 3.33. The van der Waals surface area contributed by atoms with Crippen molar-refractivity contribution in [3.05, 3.63) is 77.9 Å². The number of rotatable bonds is 9. The fraction of sp³-hybridized carbons (Fsp3) is 0.367. The lowest BCUT2D eigenvalue weighted by Crippen LogP contribution is -2.52. The van der Waals surface area contributed by atoms with E-state index in [4.69, 9.17) is 9.47 Å². The number of aliphatic hydroxyl groups excluding tert-OH is 1. The van der Waals surface area contributed by atoms with Gasteiger partial charge in [0.15, 0.2) is 5.54 Å². The molecule has 39 heavy (non-hydrogen) atoms. The molecule has 0 bridgehead atoms. The number of fused-ring (bicyclic) bond motifs is 2. The Kier molecular flexibility index (Phi) is 7.54. The number of amides is 2. The van der Waals surface area contributed by atoms with Gasteiger partial charge in [0.25, 0.3) is 17.6 Å². The van der Waals surface area contributed by atoms with Crippen molar-refractivity contribution in [2.45, 2.75) is 18.9 Å². The quantitative estimate of drug-likeness (QED) is 0.230. The minimum Gasteiger partial charge on any atom is -0.507 e. The Hall–Kier alpha value is -3.95. The third-order valence-corrected chi connectivity index (χ3v) is 7.52. The molecule has 0 aliphatic carbocycles. The van der Waals surface area contributed by atoms with Crippen LogP contribution in [0.15, 0.2) is 66.8 Å². The van der Waals surface area contributed by atoms with E-state index in [1.54, 1.807) is 54.6 Å². The molecule has 3 heterocycles. The second kappa shape index (κ2) is 11.0. The number of ketones is 1. The second-order valence-corrected chi connectivity index (χ2v) is 9.71. The molecule has 204 valence electrons. The van der Waals surface area contributed by atoms with Gasteiger partial charge in [-0.3, -0.25) is 19.3 Å². The molecule has 0 radical (unpaired) electrons. The van der Waals surface area contributed by atoms with Gasteiger partial charge in [-0.1, -0.05) is 24.3 Å². The number of Topliss-reactive ketones (excluding diaryl/α,β-unsaturated/α-hetero) is 1. The van der Waals surface area contributed by atoms with Crippen molar-refractivity contribution in [1.82, 2.24) is 9.80 Å². The molecule has 3 aliphatic rings. The molecule has 0 aromatic heterocycles. The lowest BCUT2D eigenvalue weighted by atomic mass is 9.82. The fourth-order valence-electron chi connectivity index (χ4n) is 5.77. The Labute approximate surface area is 227 Å². The molecule has 0 unspecified atom stereocenters. The van der Waals surface area contributed by atoms with E-state index in [-0.39, 0.29) is 18.7 Å². The van der Waals surface area contributed by atoms with Crippen LogP contribution in [0.4, 0.5) is 5.69 Å². The smallest absolute Gasteiger partial charge is 0.296 e. The molecule has 2 aromatic rings. The highest BCUT2D eigenvalue weighted by atomic mass is 16.5. The van der Waals surface area contributed by atoms with Crippen molar-refractivity contribution in [2.24, 2.45) is 0 Å². The molecular weight excluding hydrogens is 498 g/mol. The highest BCUT2D eigenvalue weighted by Gasteiger charge is 2.66. The van der Waals surface area contributed by atoms with Crippen LogP contribution in [0.25, 0.3) is 5.76 Å². The standard InChI is InChI=1S/C30H33N3O6/c1-3-14-32-24-9-6-5-8-23(24)30(29(32)37)25(26(34)21-10-12-22(13-11-21)39-4-2)27(35)28(36)33(30)16-7-15-31-17-19-38-20-18-31/h3,5-6,8-13,34H,1,4,7,14-20H2,2H3/t30-/m0/s1. The lowest BCUT2D eigenvalue weighted by molar-refractivity contribution is -0.143. The molecule has 1 N–H and O–H groups in total. The average molecular weight is 532 g/mol. The zero-order valence-electron chi connectivity index (χ0n) is 22.1. The Morgan fingerprint density at radius 2 is 1.79 bits per heavy atom. The van der Waals surface area contributed by atoms with Crippen LogP contribution in [0.2, 0.25) is 0 Å². The zero-order valence-corrected chi connectivity index (χ0v) is 22.1. The number of benzene rings is 2. The van der Waals surface area contributed by atoms with Gasteiger partial charge in [-0.25, -0.2) is 0 Å². The van der Waals surface area contributed by atoms with Gasteiger partial charge in [0.05, 0.1) is 31.1 Å². The number of aliphatic hydroxyl groups is 1. The van der Waals surface area contributed by atoms with Crippen LogP contribution in [0.3, 0.4) is 0 Å². The number of ether oxygens (including phenoxy) is 2. The number of anilines is 1. The fourth-order valence-corrected chi connectivity index (χ4v) is 5.77. The molecular formula is C30H33N3O6. The van der Waals surface area contributed by atoms with Crippen LogP contribution in [-0.4, -0.2) is 85.0 Å². The Bertz CT molecular complexity index is 1310. The molecule has 3 aliphatic heterocycles. The van der Waals surface area contributed by atoms with Crippen LogP contribution in [0, 0.1) is 0 Å². The molecule has 9 heteroatoms. The summed E-state index contributed by atoms with van der Waals surface area (Å²) in [5, 5.41) is 11.6. The third kappa shape index (κ3) is 4.41. The molecule has 9 nitrogen and oxygen atoms in total. The zero-order chi connectivity index (χ0) is 27.6. The summed E-state index contributed by atoms with van der Waals surface area (Å²) < 4.78 is 10.9. The summed E-state index contributed by atoms with van der Waals surface area (Å²) in [6.45, 7) is 10.1. The number of hydrogen-bond donors (Lipinski definition) is 1. The van der Waals surface area contributed by atoms with Crippen LogP contribution >= 0.6 is 0 Å². The van der Waals surface area contributed by atoms with E-state index < -0.39 is 28.9 Å². The van der Waals surface area contributed by atoms with Gasteiger partial charge in [-0.05, 0) is 43.7 Å². The van der Waals surface area contributed by atoms with Gasteiger partial charge >= 0.3 is 0 Å². The number of nitrogens with zero attached hydrogens (tertiary/aromatic N) is 3. The van der Waals surface area contributed by atoms with E-state index in [1.807, 2.05) is 6.92 Å². The van der Waals surface area contributed by atoms with Gasteiger partial charge in [-0.2, -0.15) is 0 Å². The van der Waals surface area contributed by atoms with Gasteiger partial charge in [-0.15, -0.1) is 6.58 Å². The summed E-state index contributed by atoms with van der Waals surface area (Å²) in [4.78, 5) is 46.8. The number of carbonyl (C=O) groups excluding carboxylic acids is 3. The molecule has 1 spiro atoms. The first kappa shape index (κ1) is 26.6. The Balaban J connectivity index is 1.63. The molecule has 0 saturated carbocycles. The normalized spacial score (nSPS) is 22.5. The number of likely N-dealkylation sites (tertiary alicyclic amines) is 1. The van der Waals surface area contributed by atoms with E-state index in [0.717, 1.165) is 13.1 Å². The van der Waals surface area contributed by atoms with Crippen LogP contribution in [0.5, 0.6) is 5.75 Å². The topological polar surface area (TPSA) is 99.6 Å². The van der Waals surface area contributed by atoms with Crippen molar-refractivity contribution in [2.75, 3.05) is 57.4 Å². The maximum Gasteiger partial charge on any atom is 0.296 e. The lowest BCUT2D eigenvalue weighted by Gasteiger charge is -2.35. The molecule has 1 atom stereocenters. The van der Waals surface area contributed by atoms with Gasteiger partial charge < -0.3 is 24.4 Å². The summed E-state index contributed by atoms with van der Waals surface area (Å²) in [5.41, 5.74) is -0.597. The van der Waals surface area contributed by atoms with E-state index in [1.165, 1.54) is 9.80 Å². The maximum atomic E-state index is 14.4. The minimum absolute atomic E-state index is 0.171. The van der Waals surface area contributed by atoms with Crippen molar-refractivity contribution in [3.63, 3.8) is 0 Å². The molecule has 2 aromatic carbocycles. The van der Waals surface area contributed by atoms with Crippen LogP contribution in [-0.2, 0) is 24.7 Å². The molecule has 2 saturated heterocycles. The first-order chi connectivity index (χ1) is 18.9. The summed E-state index contributed by atoms with van der Waals surface area (Å²) in [6, 6.07) is 13.7. The van der Waals surface area contributed by atoms with Crippen molar-refractivity contribution in [3.8, 4) is 5.75 Å². The third-order valence-electron chi connectivity index (χ3n) is 7.52. The first-order valence-corrected chi connectivity index (χ1v) is 13.3. The summed E-state index contributed by atoms with van der Waals surface area (Å²) in [5.74, 6) is -1.92. The largest absolute Gasteiger partial charge is 0.507 e. The minimum atomic E-state index is -1.78. The SMILES string of the molecule is C=CCN1C(=O)[C@@]2(C(=C(O)c3ccc(OCC)cc3)C(=O)C(=O)N2CCCN2CCOCC2)c2ccccc21. The van der Waals surface area contributed by atoms with E-state index in [9.17, 15) is 19.5 Å². The molecule has 5 rings (SSSR count). The van der Waals surface area contributed by atoms with Crippen molar-refractivity contribution < 1.29 is 29.0 Å². The maximum absolute atomic E-state index is 14.4. The highest BCUT2D eigenvalue weighted by molar-refractivity contribution is 6.50. The van der Waals surface area contributed by atoms with E-state index >= 15 is 0 Å². The number of morpholine rings is 1. The van der Waals surface area contributed by atoms with Gasteiger partial charge in [0.1, 0.15) is 11.5 Å². The van der Waals surface area contributed by atoms with Crippen LogP contribution in [0.1, 0.15) is 24.5 Å². The number of carbonyl (C=O) groups is 3. The van der Waals surface area contributed by atoms with Crippen molar-refractivity contribution >= 4 is 29.0 Å². The summed E-state index contributed by atoms with van der Waals surface area (Å²) >= 11 is 0. The van der Waals surface area contributed by atoms with E-state index in [2.05, 4.69) is 11.5 Å². The predicted octanol–water partition coefficient (Wildman–Crippen LogP) is 2.92. The first-order valence-electron chi connectivity index (χ1n) is 13.3. The number of hydrogen-bond acceptors (Lipinski definition) is 7. The molecule has 2 fully saturated rings. The van der Waals surface area contributed by atoms with Crippen LogP contribution < -0.4 is 9.64 Å². The highest BCUT2D eigenvalue weighted by Crippen LogP contribution is 2.53. The Morgan fingerprint density at radius 3 is 2.49 bits per heavy atom. The summed E-state index contributed by atoms with van der Waals surface area (Å²) in [6.07, 6.45) is 2.15. The monoisotopic (exact) mass is 531 g/mol.